The van der Waals surface area contributed by atoms with Gasteiger partial charge in [0.1, 0.15) is 17.4 Å². The molecule has 1 aliphatic carbocycles. The lowest BCUT2D eigenvalue weighted by Gasteiger charge is -2.36. The van der Waals surface area contributed by atoms with E-state index in [1.807, 2.05) is 7.05 Å². The molecule has 2 rings (SSSR count). The van der Waals surface area contributed by atoms with E-state index in [4.69, 9.17) is 0 Å². The maximum absolute atomic E-state index is 13.6. The highest BCUT2D eigenvalue weighted by atomic mass is 19.1. The van der Waals surface area contributed by atoms with E-state index in [0.717, 1.165) is 31.7 Å². The summed E-state index contributed by atoms with van der Waals surface area (Å²) in [6.07, 6.45) is 5.89. The first-order chi connectivity index (χ1) is 9.54. The number of halogens is 2. The summed E-state index contributed by atoms with van der Waals surface area (Å²) in [4.78, 5) is 12.2. The summed E-state index contributed by atoms with van der Waals surface area (Å²) in [7, 11) is 1.89. The summed E-state index contributed by atoms with van der Waals surface area (Å²) in [5, 5.41) is 3.28. The van der Waals surface area contributed by atoms with E-state index in [1.54, 1.807) is 0 Å². The zero-order valence-corrected chi connectivity index (χ0v) is 11.8. The quantitative estimate of drug-likeness (QED) is 0.896. The van der Waals surface area contributed by atoms with Gasteiger partial charge in [0.15, 0.2) is 0 Å². The lowest BCUT2D eigenvalue weighted by atomic mass is 9.77. The van der Waals surface area contributed by atoms with Crippen molar-refractivity contribution in [3.05, 3.63) is 35.4 Å². The monoisotopic (exact) mass is 281 g/mol. The molecule has 1 aromatic carbocycles. The lowest BCUT2D eigenvalue weighted by Crippen LogP contribution is -2.46. The Kier molecular flexibility index (Phi) is 4.86. The molecular weight excluding hydrogens is 260 g/mol. The Morgan fingerprint density at radius 3 is 2.55 bits per heavy atom. The number of ketones is 1. The second-order valence-electron chi connectivity index (χ2n) is 5.72. The smallest absolute Gasteiger partial charge is 0.139 e. The fourth-order valence-corrected chi connectivity index (χ4v) is 3.06. The number of hydrogen-bond acceptors (Lipinski definition) is 2. The minimum Gasteiger partial charge on any atom is -0.314 e. The van der Waals surface area contributed by atoms with Crippen LogP contribution >= 0.6 is 0 Å². The minimum atomic E-state index is -0.638. The van der Waals surface area contributed by atoms with Crippen LogP contribution in [0.15, 0.2) is 18.2 Å². The van der Waals surface area contributed by atoms with Crippen molar-refractivity contribution in [1.82, 2.24) is 5.32 Å². The van der Waals surface area contributed by atoms with Crippen molar-refractivity contribution in [3.8, 4) is 0 Å². The molecule has 0 bridgehead atoms. The van der Waals surface area contributed by atoms with Gasteiger partial charge in [0.2, 0.25) is 0 Å². The molecule has 4 heteroatoms. The van der Waals surface area contributed by atoms with E-state index in [9.17, 15) is 13.6 Å². The fraction of sp³-hybridized carbons (Fsp3) is 0.562. The fourth-order valence-electron chi connectivity index (χ4n) is 3.06. The van der Waals surface area contributed by atoms with Gasteiger partial charge in [-0.05, 0) is 31.5 Å². The van der Waals surface area contributed by atoms with Crippen LogP contribution in [0.25, 0.3) is 0 Å². The molecule has 20 heavy (non-hydrogen) atoms. The van der Waals surface area contributed by atoms with Crippen molar-refractivity contribution < 1.29 is 13.6 Å². The molecule has 0 atom stereocenters. The normalized spacial score (nSPS) is 17.9. The molecule has 1 N–H and O–H groups in total. The molecule has 0 unspecified atom stereocenters. The average molecular weight is 281 g/mol. The van der Waals surface area contributed by atoms with Crippen LogP contribution in [0.5, 0.6) is 0 Å². The van der Waals surface area contributed by atoms with Crippen LogP contribution in [0, 0.1) is 11.6 Å². The van der Waals surface area contributed by atoms with Crippen molar-refractivity contribution in [1.29, 1.82) is 0 Å². The van der Waals surface area contributed by atoms with Crippen LogP contribution in [0.4, 0.5) is 8.78 Å². The summed E-state index contributed by atoms with van der Waals surface area (Å²) in [5.74, 6) is -1.25. The van der Waals surface area contributed by atoms with Crippen molar-refractivity contribution in [2.45, 2.75) is 50.5 Å². The van der Waals surface area contributed by atoms with E-state index >= 15 is 0 Å². The van der Waals surface area contributed by atoms with Gasteiger partial charge < -0.3 is 5.32 Å². The molecule has 0 aromatic heterocycles. The highest BCUT2D eigenvalue weighted by Crippen LogP contribution is 2.31. The molecule has 1 fully saturated rings. The summed E-state index contributed by atoms with van der Waals surface area (Å²) < 4.78 is 26.4. The molecule has 0 heterocycles. The Morgan fingerprint density at radius 1 is 1.25 bits per heavy atom. The molecule has 1 aromatic rings. The maximum Gasteiger partial charge on any atom is 0.139 e. The van der Waals surface area contributed by atoms with Crippen molar-refractivity contribution in [3.63, 3.8) is 0 Å². The summed E-state index contributed by atoms with van der Waals surface area (Å²) >= 11 is 0. The number of hydrogen-bond donors (Lipinski definition) is 1. The number of nitrogens with one attached hydrogen (secondary N) is 1. The maximum atomic E-state index is 13.6. The van der Waals surface area contributed by atoms with Crippen LogP contribution in [0.2, 0.25) is 0 Å². The second kappa shape index (κ2) is 6.44. The lowest BCUT2D eigenvalue weighted by molar-refractivity contribution is -0.120. The van der Waals surface area contributed by atoms with Crippen LogP contribution in [-0.2, 0) is 11.2 Å². The first kappa shape index (κ1) is 15.1. The molecule has 0 aliphatic heterocycles. The first-order valence-electron chi connectivity index (χ1n) is 7.19. The minimum absolute atomic E-state index is 0.00626. The van der Waals surface area contributed by atoms with Crippen LogP contribution in [-0.4, -0.2) is 18.4 Å². The molecule has 0 saturated heterocycles. The zero-order valence-electron chi connectivity index (χ0n) is 11.8. The summed E-state index contributed by atoms with van der Waals surface area (Å²) in [6.45, 7) is 0. The van der Waals surface area contributed by atoms with E-state index in [2.05, 4.69) is 5.32 Å². The number of benzene rings is 1. The molecule has 1 saturated carbocycles. The van der Waals surface area contributed by atoms with Crippen LogP contribution < -0.4 is 5.32 Å². The Morgan fingerprint density at radius 2 is 1.95 bits per heavy atom. The van der Waals surface area contributed by atoms with E-state index < -0.39 is 11.6 Å². The van der Waals surface area contributed by atoms with Gasteiger partial charge in [-0.25, -0.2) is 8.78 Å². The number of rotatable bonds is 5. The second-order valence-corrected chi connectivity index (χ2v) is 5.72. The predicted molar refractivity (Wildman–Crippen MR) is 74.6 cm³/mol. The SMILES string of the molecule is CNC1(CC(=O)Cc2ccc(F)cc2F)CCCCC1. The van der Waals surface area contributed by atoms with Gasteiger partial charge in [0.25, 0.3) is 0 Å². The Balaban J connectivity index is 2.00. The van der Waals surface area contributed by atoms with Gasteiger partial charge in [-0.2, -0.15) is 0 Å². The topological polar surface area (TPSA) is 29.1 Å². The molecule has 0 amide bonds. The third kappa shape index (κ3) is 3.63. The standard InChI is InChI=1S/C16H21F2NO/c1-19-16(7-3-2-4-8-16)11-14(20)9-12-5-6-13(17)10-15(12)18/h5-6,10,19H,2-4,7-9,11H2,1H3. The Bertz CT molecular complexity index is 481. The Labute approximate surface area is 118 Å². The zero-order chi connectivity index (χ0) is 14.6. The molecule has 0 radical (unpaired) electrons. The van der Waals surface area contributed by atoms with E-state index in [0.29, 0.717) is 6.42 Å². The number of carbonyl (C=O) groups excluding carboxylic acids is 1. The highest BCUT2D eigenvalue weighted by molar-refractivity contribution is 5.82. The molecule has 0 spiro atoms. The largest absolute Gasteiger partial charge is 0.314 e. The van der Waals surface area contributed by atoms with Gasteiger partial charge >= 0.3 is 0 Å². The van der Waals surface area contributed by atoms with Crippen molar-refractivity contribution in [2.75, 3.05) is 7.05 Å². The molecule has 110 valence electrons. The number of carbonyl (C=O) groups is 1. The number of Topliss-reactive ketones (excluding diaryl/α,β-unsaturated/α-hetero) is 1. The highest BCUT2D eigenvalue weighted by Gasteiger charge is 2.32. The predicted octanol–water partition coefficient (Wildman–Crippen LogP) is 3.39. The van der Waals surface area contributed by atoms with Crippen molar-refractivity contribution >= 4 is 5.78 Å². The molecule has 2 nitrogen and oxygen atoms in total. The summed E-state index contributed by atoms with van der Waals surface area (Å²) in [5.41, 5.74) is 0.143. The average Bonchev–Trinajstić information content (AvgIpc) is 2.43. The molecule has 1 aliphatic rings. The van der Waals surface area contributed by atoms with Gasteiger partial charge in [0, 0.05) is 24.4 Å². The van der Waals surface area contributed by atoms with E-state index in [1.165, 1.54) is 18.6 Å². The van der Waals surface area contributed by atoms with Crippen LogP contribution in [0.3, 0.4) is 0 Å². The summed E-state index contributed by atoms with van der Waals surface area (Å²) in [6, 6.07) is 3.38. The third-order valence-electron chi connectivity index (χ3n) is 4.28. The first-order valence-corrected chi connectivity index (χ1v) is 7.19. The van der Waals surface area contributed by atoms with Gasteiger partial charge in [0.05, 0.1) is 0 Å². The van der Waals surface area contributed by atoms with Crippen LogP contribution in [0.1, 0.15) is 44.1 Å². The molecular formula is C16H21F2NO. The van der Waals surface area contributed by atoms with Crippen molar-refractivity contribution in [2.24, 2.45) is 0 Å². The Hall–Kier alpha value is -1.29. The van der Waals surface area contributed by atoms with E-state index in [-0.39, 0.29) is 23.3 Å². The van der Waals surface area contributed by atoms with Gasteiger partial charge in [-0.1, -0.05) is 25.3 Å². The van der Waals surface area contributed by atoms with Gasteiger partial charge in [-0.15, -0.1) is 0 Å². The third-order valence-corrected chi connectivity index (χ3v) is 4.28. The van der Waals surface area contributed by atoms with Gasteiger partial charge in [-0.3, -0.25) is 4.79 Å².